The van der Waals surface area contributed by atoms with Gasteiger partial charge >= 0.3 is 6.03 Å². The maximum absolute atomic E-state index is 13.2. The summed E-state index contributed by atoms with van der Waals surface area (Å²) in [4.78, 5) is 30.4. The van der Waals surface area contributed by atoms with Crippen molar-refractivity contribution in [2.45, 2.75) is 39.7 Å². The number of fused-ring (bicyclic) bond motifs is 1. The van der Waals surface area contributed by atoms with Gasteiger partial charge in [0.05, 0.1) is 6.04 Å². The molecule has 2 heterocycles. The first kappa shape index (κ1) is 22.2. The minimum absolute atomic E-state index is 0.0379. The molecule has 1 aliphatic rings. The molecule has 162 valence electrons. The van der Waals surface area contributed by atoms with Crippen molar-refractivity contribution in [3.8, 4) is 5.75 Å². The van der Waals surface area contributed by atoms with E-state index in [1.807, 2.05) is 49.9 Å². The molecule has 0 aliphatic carbocycles. The molecular formula is C23H31N3O3S. The summed E-state index contributed by atoms with van der Waals surface area (Å²) in [7, 11) is 0. The van der Waals surface area contributed by atoms with Crippen LogP contribution < -0.4 is 10.1 Å². The van der Waals surface area contributed by atoms with Gasteiger partial charge in [0.25, 0.3) is 0 Å². The van der Waals surface area contributed by atoms with E-state index in [-0.39, 0.29) is 24.5 Å². The van der Waals surface area contributed by atoms with E-state index in [0.29, 0.717) is 26.2 Å². The van der Waals surface area contributed by atoms with E-state index in [4.69, 9.17) is 4.74 Å². The van der Waals surface area contributed by atoms with Crippen LogP contribution in [0.4, 0.5) is 4.79 Å². The highest BCUT2D eigenvalue weighted by Crippen LogP contribution is 2.34. The number of carbonyl (C=O) groups excluding carboxylic acids is 2. The van der Waals surface area contributed by atoms with Gasteiger partial charge in [-0.25, -0.2) is 4.79 Å². The number of thiophene rings is 1. The Balaban J connectivity index is 1.74. The Bertz CT molecular complexity index is 850. The molecule has 1 atom stereocenters. The monoisotopic (exact) mass is 429 g/mol. The summed E-state index contributed by atoms with van der Waals surface area (Å²) in [6.45, 7) is 8.15. The van der Waals surface area contributed by atoms with Crippen molar-refractivity contribution in [2.24, 2.45) is 0 Å². The summed E-state index contributed by atoms with van der Waals surface area (Å²) in [6.07, 6.45) is 1.65. The van der Waals surface area contributed by atoms with Crippen LogP contribution in [-0.4, -0.2) is 54.5 Å². The molecule has 2 aromatic rings. The Morgan fingerprint density at radius 2 is 2.00 bits per heavy atom. The summed E-state index contributed by atoms with van der Waals surface area (Å²) < 4.78 is 6.06. The van der Waals surface area contributed by atoms with E-state index in [2.05, 4.69) is 16.8 Å². The van der Waals surface area contributed by atoms with Crippen molar-refractivity contribution in [2.75, 3.05) is 32.8 Å². The fourth-order valence-electron chi connectivity index (χ4n) is 3.72. The van der Waals surface area contributed by atoms with Crippen LogP contribution in [-0.2, 0) is 11.2 Å². The van der Waals surface area contributed by atoms with Gasteiger partial charge < -0.3 is 19.9 Å². The van der Waals surface area contributed by atoms with Gasteiger partial charge in [-0.05, 0) is 55.8 Å². The number of hydrogen-bond acceptors (Lipinski definition) is 4. The summed E-state index contributed by atoms with van der Waals surface area (Å²) >= 11 is 1.73. The highest BCUT2D eigenvalue weighted by molar-refractivity contribution is 7.10. The Morgan fingerprint density at radius 1 is 1.23 bits per heavy atom. The van der Waals surface area contributed by atoms with E-state index in [1.54, 1.807) is 16.2 Å². The number of hydrogen-bond donors (Lipinski definition) is 1. The van der Waals surface area contributed by atoms with Gasteiger partial charge in [-0.2, -0.15) is 0 Å². The summed E-state index contributed by atoms with van der Waals surface area (Å²) in [5.74, 6) is 0.759. The molecule has 0 saturated heterocycles. The quantitative estimate of drug-likeness (QED) is 0.690. The van der Waals surface area contributed by atoms with Gasteiger partial charge in [-0.3, -0.25) is 4.79 Å². The average Bonchev–Trinajstić information content (AvgIpc) is 3.22. The lowest BCUT2D eigenvalue weighted by atomic mass is 10.0. The first-order valence-corrected chi connectivity index (χ1v) is 11.5. The molecule has 0 saturated carbocycles. The van der Waals surface area contributed by atoms with Gasteiger partial charge in [0.1, 0.15) is 18.9 Å². The zero-order chi connectivity index (χ0) is 21.5. The number of nitrogens with one attached hydrogen (secondary N) is 1. The van der Waals surface area contributed by atoms with Crippen LogP contribution >= 0.6 is 11.3 Å². The molecule has 0 radical (unpaired) electrons. The summed E-state index contributed by atoms with van der Waals surface area (Å²) in [5, 5.41) is 4.88. The lowest BCUT2D eigenvalue weighted by Gasteiger charge is -2.37. The maximum atomic E-state index is 13.2. The molecule has 0 fully saturated rings. The van der Waals surface area contributed by atoms with Crippen LogP contribution in [0.1, 0.15) is 42.3 Å². The number of ether oxygens (including phenoxy) is 1. The third-order valence-electron chi connectivity index (χ3n) is 5.28. The van der Waals surface area contributed by atoms with E-state index in [0.717, 1.165) is 24.2 Å². The van der Waals surface area contributed by atoms with Crippen LogP contribution in [0.5, 0.6) is 5.75 Å². The van der Waals surface area contributed by atoms with Crippen LogP contribution in [0.3, 0.4) is 0 Å². The standard InChI is InChI=1S/C23H31N3O3S/c1-4-12-25(23(28)24-5-2)15-22(27)26-13-10-21-19(11-14-30-21)20(26)16-29-18-8-6-17(3)7-9-18/h6-9,11,14,20H,4-5,10,12-13,15-16H2,1-3H3,(H,24,28)/t20-/m0/s1. The molecule has 6 nitrogen and oxygen atoms in total. The summed E-state index contributed by atoms with van der Waals surface area (Å²) in [6, 6.07) is 9.71. The van der Waals surface area contributed by atoms with Gasteiger partial charge in [-0.15, -0.1) is 11.3 Å². The second-order valence-corrected chi connectivity index (χ2v) is 8.53. The third-order valence-corrected chi connectivity index (χ3v) is 6.28. The number of benzene rings is 1. The van der Waals surface area contributed by atoms with E-state index < -0.39 is 0 Å². The van der Waals surface area contributed by atoms with Crippen LogP contribution in [0.15, 0.2) is 35.7 Å². The molecule has 0 spiro atoms. The molecule has 0 bridgehead atoms. The molecule has 0 unspecified atom stereocenters. The van der Waals surface area contributed by atoms with Gasteiger partial charge in [-0.1, -0.05) is 24.6 Å². The number of carbonyl (C=O) groups is 2. The molecule has 1 aromatic carbocycles. The van der Waals surface area contributed by atoms with Crippen molar-refractivity contribution in [3.05, 3.63) is 51.7 Å². The van der Waals surface area contributed by atoms with Crippen LogP contribution in [0.2, 0.25) is 0 Å². The van der Waals surface area contributed by atoms with Crippen molar-refractivity contribution in [1.82, 2.24) is 15.1 Å². The highest BCUT2D eigenvalue weighted by atomic mass is 32.1. The second kappa shape index (κ2) is 10.5. The predicted octanol–water partition coefficient (Wildman–Crippen LogP) is 4.00. The number of nitrogens with zero attached hydrogens (tertiary/aromatic N) is 2. The molecule has 30 heavy (non-hydrogen) atoms. The fourth-order valence-corrected chi connectivity index (χ4v) is 4.65. The van der Waals surface area contributed by atoms with Gasteiger partial charge in [0.15, 0.2) is 0 Å². The molecule has 1 N–H and O–H groups in total. The topological polar surface area (TPSA) is 61.9 Å². The largest absolute Gasteiger partial charge is 0.491 e. The number of rotatable bonds is 8. The van der Waals surface area contributed by atoms with Gasteiger partial charge in [0.2, 0.25) is 5.91 Å². The first-order chi connectivity index (χ1) is 14.5. The lowest BCUT2D eigenvalue weighted by molar-refractivity contribution is -0.135. The minimum Gasteiger partial charge on any atom is -0.491 e. The zero-order valence-corrected chi connectivity index (χ0v) is 18.8. The SMILES string of the molecule is CCCN(CC(=O)N1CCc2sccc2[C@@H]1COc1ccc(C)cc1)C(=O)NCC. The van der Waals surface area contributed by atoms with Crippen LogP contribution in [0, 0.1) is 6.92 Å². The Labute approximate surface area is 182 Å². The highest BCUT2D eigenvalue weighted by Gasteiger charge is 2.33. The minimum atomic E-state index is -0.187. The zero-order valence-electron chi connectivity index (χ0n) is 18.0. The molecule has 7 heteroatoms. The van der Waals surface area contributed by atoms with Gasteiger partial charge in [0, 0.05) is 24.5 Å². The number of urea groups is 1. The Kier molecular flexibility index (Phi) is 7.74. The molecular weight excluding hydrogens is 398 g/mol. The number of aryl methyl sites for hydroxylation is 1. The normalized spacial score (nSPS) is 15.4. The first-order valence-electron chi connectivity index (χ1n) is 10.6. The van der Waals surface area contributed by atoms with Crippen molar-refractivity contribution >= 4 is 23.3 Å². The lowest BCUT2D eigenvalue weighted by Crippen LogP contribution is -2.50. The predicted molar refractivity (Wildman–Crippen MR) is 120 cm³/mol. The molecule has 1 aliphatic heterocycles. The van der Waals surface area contributed by atoms with Crippen LogP contribution in [0.25, 0.3) is 0 Å². The molecule has 3 rings (SSSR count). The van der Waals surface area contributed by atoms with Crippen molar-refractivity contribution in [3.63, 3.8) is 0 Å². The van der Waals surface area contributed by atoms with E-state index in [1.165, 1.54) is 10.4 Å². The number of amides is 3. The van der Waals surface area contributed by atoms with E-state index in [9.17, 15) is 9.59 Å². The molecule has 3 amide bonds. The Morgan fingerprint density at radius 3 is 2.70 bits per heavy atom. The smallest absolute Gasteiger partial charge is 0.317 e. The van der Waals surface area contributed by atoms with Crippen molar-refractivity contribution in [1.29, 1.82) is 0 Å². The average molecular weight is 430 g/mol. The van der Waals surface area contributed by atoms with E-state index >= 15 is 0 Å². The Hall–Kier alpha value is -2.54. The third kappa shape index (κ3) is 5.33. The maximum Gasteiger partial charge on any atom is 0.317 e. The summed E-state index contributed by atoms with van der Waals surface area (Å²) in [5.41, 5.74) is 2.34. The second-order valence-electron chi connectivity index (χ2n) is 7.53. The van der Waals surface area contributed by atoms with Crippen molar-refractivity contribution < 1.29 is 14.3 Å². The molecule has 1 aromatic heterocycles. The fraction of sp³-hybridized carbons (Fsp3) is 0.478.